The topological polar surface area (TPSA) is 3.24 Å². The highest BCUT2D eigenvalue weighted by molar-refractivity contribution is 5.97. The molecule has 1 nitrogen and oxygen atoms in total. The summed E-state index contributed by atoms with van der Waals surface area (Å²) in [6.45, 7) is 7.15. The molecule has 0 saturated carbocycles. The van der Waals surface area contributed by atoms with Crippen molar-refractivity contribution in [3.8, 4) is 55.6 Å². The highest BCUT2D eigenvalue weighted by Gasteiger charge is 2.43. The summed E-state index contributed by atoms with van der Waals surface area (Å²) in [5.74, 6) is 0. The number of rotatable bonds is 7. The van der Waals surface area contributed by atoms with Crippen molar-refractivity contribution in [3.63, 3.8) is 0 Å². The van der Waals surface area contributed by atoms with Gasteiger partial charge in [-0.15, -0.1) is 0 Å². The van der Waals surface area contributed by atoms with Crippen LogP contribution in [0.3, 0.4) is 0 Å². The molecule has 0 N–H and O–H groups in total. The normalized spacial score (nSPS) is 15.4. The molecular formula is C59H45N. The number of benzene rings is 9. The lowest BCUT2D eigenvalue weighted by Gasteiger charge is -2.32. The molecule has 2 aliphatic rings. The third-order valence-electron chi connectivity index (χ3n) is 13.4. The van der Waals surface area contributed by atoms with Crippen LogP contribution < -0.4 is 4.90 Å². The second-order valence-corrected chi connectivity index (χ2v) is 17.0. The summed E-state index contributed by atoms with van der Waals surface area (Å²) < 4.78 is 0. The SMILES string of the molecule is CC1(C)c2ccccc2-c2cc(N(c3ccc4c(c3)C(C)(c3ccc(-c5ccccc5)cc3)c3cccc(-c5ccccc5)c3-4)c3ccccc3-c3ccccc3)ccc21. The van der Waals surface area contributed by atoms with E-state index in [0.29, 0.717) is 0 Å². The third kappa shape index (κ3) is 5.53. The fraction of sp³-hybridized carbons (Fsp3) is 0.0847. The number of hydrogen-bond acceptors (Lipinski definition) is 1. The molecule has 0 heterocycles. The van der Waals surface area contributed by atoms with Crippen LogP contribution in [0.25, 0.3) is 55.6 Å². The zero-order valence-corrected chi connectivity index (χ0v) is 34.2. The van der Waals surface area contributed by atoms with Gasteiger partial charge in [-0.3, -0.25) is 0 Å². The van der Waals surface area contributed by atoms with Gasteiger partial charge in [-0.2, -0.15) is 0 Å². The number of anilines is 3. The molecular weight excluding hydrogens is 723 g/mol. The van der Waals surface area contributed by atoms with Crippen LogP contribution in [0.2, 0.25) is 0 Å². The number of hydrogen-bond donors (Lipinski definition) is 0. The molecule has 2 aliphatic carbocycles. The Balaban J connectivity index is 1.16. The van der Waals surface area contributed by atoms with Crippen LogP contribution in [-0.4, -0.2) is 0 Å². The van der Waals surface area contributed by atoms with Gasteiger partial charge in [0.15, 0.2) is 0 Å². The predicted molar refractivity (Wildman–Crippen MR) is 252 cm³/mol. The van der Waals surface area contributed by atoms with Gasteiger partial charge in [0.05, 0.1) is 5.69 Å². The highest BCUT2D eigenvalue weighted by Crippen LogP contribution is 2.57. The van der Waals surface area contributed by atoms with Crippen LogP contribution in [0, 0.1) is 0 Å². The molecule has 0 aromatic heterocycles. The first-order valence-electron chi connectivity index (χ1n) is 21.1. The number of para-hydroxylation sites is 1. The smallest absolute Gasteiger partial charge is 0.0540 e. The lowest BCUT2D eigenvalue weighted by atomic mass is 9.73. The second-order valence-electron chi connectivity index (χ2n) is 17.0. The van der Waals surface area contributed by atoms with Crippen molar-refractivity contribution in [1.82, 2.24) is 0 Å². The van der Waals surface area contributed by atoms with Crippen molar-refractivity contribution in [2.45, 2.75) is 31.6 Å². The fourth-order valence-corrected chi connectivity index (χ4v) is 10.3. The van der Waals surface area contributed by atoms with E-state index < -0.39 is 5.41 Å². The summed E-state index contributed by atoms with van der Waals surface area (Å²) in [7, 11) is 0. The van der Waals surface area contributed by atoms with Crippen molar-refractivity contribution >= 4 is 17.1 Å². The summed E-state index contributed by atoms with van der Waals surface area (Å²) in [6, 6.07) is 80.8. The maximum atomic E-state index is 2.50. The van der Waals surface area contributed by atoms with Crippen molar-refractivity contribution in [2.24, 2.45) is 0 Å². The molecule has 0 bridgehead atoms. The van der Waals surface area contributed by atoms with Crippen LogP contribution in [0.5, 0.6) is 0 Å². The second kappa shape index (κ2) is 14.0. The standard InChI is InChI=1S/C59H45N/c1-58(2)52-27-15-13-25-49(52)51-38-45(35-37-53(51)58)60(56-29-16-14-24-47(56)42-20-9-5-10-21-42)46-34-36-50-55(39-46)59(3,44-32-30-41(31-33-44)40-18-7-4-8-19-40)54-28-17-26-48(57(50)54)43-22-11-6-12-23-43/h4-39H,1-3H3. The minimum absolute atomic E-state index is 0.0785. The van der Waals surface area contributed by atoms with Crippen molar-refractivity contribution in [2.75, 3.05) is 4.90 Å². The average molecular weight is 768 g/mol. The van der Waals surface area contributed by atoms with Gasteiger partial charge >= 0.3 is 0 Å². The summed E-state index contributed by atoms with van der Waals surface area (Å²) in [4.78, 5) is 2.50. The van der Waals surface area contributed by atoms with E-state index in [2.05, 4.69) is 244 Å². The Morgan fingerprint density at radius 1 is 0.317 bits per heavy atom. The first kappa shape index (κ1) is 35.9. The zero-order valence-electron chi connectivity index (χ0n) is 34.2. The van der Waals surface area contributed by atoms with Crippen LogP contribution in [0.15, 0.2) is 218 Å². The Morgan fingerprint density at radius 3 is 1.55 bits per heavy atom. The molecule has 1 unspecified atom stereocenters. The Morgan fingerprint density at radius 2 is 0.833 bits per heavy atom. The molecule has 60 heavy (non-hydrogen) atoms. The maximum Gasteiger partial charge on any atom is 0.0540 e. The van der Waals surface area contributed by atoms with E-state index in [4.69, 9.17) is 0 Å². The van der Waals surface area contributed by atoms with Crippen molar-refractivity contribution < 1.29 is 0 Å². The fourth-order valence-electron chi connectivity index (χ4n) is 10.3. The van der Waals surface area contributed by atoms with Crippen molar-refractivity contribution in [3.05, 3.63) is 246 Å². The van der Waals surface area contributed by atoms with Crippen LogP contribution in [0.1, 0.15) is 48.6 Å². The zero-order chi connectivity index (χ0) is 40.4. The lowest BCUT2D eigenvalue weighted by molar-refractivity contribution is 0.660. The van der Waals surface area contributed by atoms with Gasteiger partial charge in [0.25, 0.3) is 0 Å². The highest BCUT2D eigenvalue weighted by atomic mass is 15.1. The first-order chi connectivity index (χ1) is 29.4. The monoisotopic (exact) mass is 767 g/mol. The Kier molecular flexibility index (Phi) is 8.36. The molecule has 0 spiro atoms. The molecule has 0 fully saturated rings. The molecule has 9 aromatic rings. The summed E-state index contributed by atoms with van der Waals surface area (Å²) in [5.41, 5.74) is 22.1. The first-order valence-corrected chi connectivity index (χ1v) is 21.1. The van der Waals surface area contributed by atoms with E-state index in [1.165, 1.54) is 83.5 Å². The van der Waals surface area contributed by atoms with Crippen LogP contribution in [0.4, 0.5) is 17.1 Å². The van der Waals surface area contributed by atoms with Crippen LogP contribution in [-0.2, 0) is 10.8 Å². The summed E-state index contributed by atoms with van der Waals surface area (Å²) in [5, 5.41) is 0. The molecule has 0 radical (unpaired) electrons. The minimum atomic E-state index is -0.424. The van der Waals surface area contributed by atoms with Gasteiger partial charge in [-0.05, 0) is 115 Å². The third-order valence-corrected chi connectivity index (χ3v) is 13.4. The Labute approximate surface area is 353 Å². The van der Waals surface area contributed by atoms with E-state index >= 15 is 0 Å². The van der Waals surface area contributed by atoms with Gasteiger partial charge in [0.2, 0.25) is 0 Å². The summed E-state index contributed by atoms with van der Waals surface area (Å²) in [6.07, 6.45) is 0. The molecule has 0 aliphatic heterocycles. The largest absolute Gasteiger partial charge is 0.310 e. The van der Waals surface area contributed by atoms with Gasteiger partial charge in [-0.1, -0.05) is 202 Å². The number of nitrogens with zero attached hydrogens (tertiary/aromatic N) is 1. The van der Waals surface area contributed by atoms with Gasteiger partial charge in [-0.25, -0.2) is 0 Å². The quantitative estimate of drug-likeness (QED) is 0.156. The van der Waals surface area contributed by atoms with E-state index in [-0.39, 0.29) is 5.41 Å². The average Bonchev–Trinajstić information content (AvgIpc) is 3.71. The molecule has 1 heteroatoms. The molecule has 11 rings (SSSR count). The van der Waals surface area contributed by atoms with Gasteiger partial charge in [0.1, 0.15) is 0 Å². The van der Waals surface area contributed by atoms with E-state index in [1.807, 2.05) is 0 Å². The van der Waals surface area contributed by atoms with E-state index in [0.717, 1.165) is 17.1 Å². The molecule has 9 aromatic carbocycles. The summed E-state index contributed by atoms with van der Waals surface area (Å²) >= 11 is 0. The van der Waals surface area contributed by atoms with Gasteiger partial charge in [0, 0.05) is 27.8 Å². The molecule has 1 atom stereocenters. The number of fused-ring (bicyclic) bond motifs is 6. The maximum absolute atomic E-state index is 2.50. The Hall–Kier alpha value is -7.22. The lowest BCUT2D eigenvalue weighted by Crippen LogP contribution is -2.23. The van der Waals surface area contributed by atoms with Crippen LogP contribution >= 0.6 is 0 Å². The van der Waals surface area contributed by atoms with Gasteiger partial charge < -0.3 is 4.90 Å². The molecule has 0 saturated heterocycles. The minimum Gasteiger partial charge on any atom is -0.310 e. The molecule has 0 amide bonds. The Bertz CT molecular complexity index is 3050. The molecule has 286 valence electrons. The van der Waals surface area contributed by atoms with Crippen molar-refractivity contribution in [1.29, 1.82) is 0 Å². The predicted octanol–water partition coefficient (Wildman–Crippen LogP) is 15.8. The van der Waals surface area contributed by atoms with E-state index in [9.17, 15) is 0 Å². The van der Waals surface area contributed by atoms with E-state index in [1.54, 1.807) is 0 Å².